The van der Waals surface area contributed by atoms with Crippen LogP contribution in [0, 0.1) is 3.57 Å². The number of rotatable bonds is 7. The molecule has 160 valence electrons. The van der Waals surface area contributed by atoms with Crippen LogP contribution in [0.1, 0.15) is 58.1 Å². The number of aromatic nitrogens is 2. The molecule has 0 aliphatic heterocycles. The van der Waals surface area contributed by atoms with Crippen molar-refractivity contribution < 1.29 is 23.9 Å². The predicted molar refractivity (Wildman–Crippen MR) is 118 cm³/mol. The van der Waals surface area contributed by atoms with E-state index in [-0.39, 0.29) is 23.9 Å². The maximum absolute atomic E-state index is 12.1. The van der Waals surface area contributed by atoms with Crippen molar-refractivity contribution in [1.82, 2.24) is 15.1 Å². The third-order valence-corrected chi connectivity index (χ3v) is 9.91. The highest BCUT2D eigenvalue weighted by Crippen LogP contribution is 2.37. The molecule has 28 heavy (non-hydrogen) atoms. The Morgan fingerprint density at radius 3 is 2.32 bits per heavy atom. The molecule has 0 saturated carbocycles. The molecule has 0 radical (unpaired) electrons. The lowest BCUT2D eigenvalue weighted by Gasteiger charge is -2.37. The van der Waals surface area contributed by atoms with E-state index in [9.17, 15) is 14.7 Å². The molecule has 1 heterocycles. The number of alkyl carbamates (subject to hydrolysis) is 1. The molecule has 0 aromatic carbocycles. The third-order valence-electron chi connectivity index (χ3n) is 4.62. The van der Waals surface area contributed by atoms with Gasteiger partial charge in [-0.25, -0.2) is 14.3 Å². The van der Waals surface area contributed by atoms with Crippen molar-refractivity contribution in [1.29, 1.82) is 0 Å². The molecule has 0 aliphatic carbocycles. The lowest BCUT2D eigenvalue weighted by molar-refractivity contribution is 0.0513. The van der Waals surface area contributed by atoms with Crippen LogP contribution in [0.4, 0.5) is 4.79 Å². The summed E-state index contributed by atoms with van der Waals surface area (Å²) in [5, 5.41) is 16.5. The van der Waals surface area contributed by atoms with E-state index in [1.54, 1.807) is 20.8 Å². The summed E-state index contributed by atoms with van der Waals surface area (Å²) in [5.41, 5.74) is -0.541. The normalized spacial score (nSPS) is 13.9. The molecule has 1 aromatic rings. The number of carbonyl (C=O) groups excluding carboxylic acids is 1. The average Bonchev–Trinajstić information content (AvgIpc) is 2.86. The van der Waals surface area contributed by atoms with Gasteiger partial charge in [0.25, 0.3) is 0 Å². The first-order valence-electron chi connectivity index (χ1n) is 9.12. The minimum absolute atomic E-state index is 0.00428. The molecule has 0 spiro atoms. The molecule has 0 aliphatic rings. The van der Waals surface area contributed by atoms with Crippen LogP contribution >= 0.6 is 22.6 Å². The molecule has 1 amide bonds. The van der Waals surface area contributed by atoms with Gasteiger partial charge in [0.15, 0.2) is 14.0 Å². The smallest absolute Gasteiger partial charge is 0.407 e. The van der Waals surface area contributed by atoms with Crippen LogP contribution in [-0.4, -0.2) is 54.0 Å². The number of carboxylic acids is 1. The molecule has 2 N–H and O–H groups in total. The molecular weight excluding hydrogens is 493 g/mol. The second kappa shape index (κ2) is 9.12. The summed E-state index contributed by atoms with van der Waals surface area (Å²) in [6.07, 6.45) is 0.931. The number of halogens is 1. The molecule has 1 rings (SSSR count). The molecule has 1 aromatic heterocycles. The van der Waals surface area contributed by atoms with Gasteiger partial charge in [0.05, 0.1) is 22.4 Å². The van der Waals surface area contributed by atoms with Crippen LogP contribution in [0.3, 0.4) is 0 Å². The number of carboxylic acid groups (broad SMARTS) is 1. The van der Waals surface area contributed by atoms with Crippen LogP contribution < -0.4 is 5.32 Å². The Labute approximate surface area is 181 Å². The van der Waals surface area contributed by atoms with Crippen LogP contribution in [0.25, 0.3) is 0 Å². The highest BCUT2D eigenvalue weighted by atomic mass is 127. The fourth-order valence-electron chi connectivity index (χ4n) is 2.07. The van der Waals surface area contributed by atoms with Gasteiger partial charge in [-0.05, 0) is 61.5 Å². The molecule has 0 saturated heterocycles. The topological polar surface area (TPSA) is 103 Å². The number of carbonyl (C=O) groups is 2. The van der Waals surface area contributed by atoms with E-state index in [2.05, 4.69) is 44.3 Å². The summed E-state index contributed by atoms with van der Waals surface area (Å²) in [6, 6.07) is -0.476. The Kier molecular flexibility index (Phi) is 8.11. The average molecular weight is 525 g/mol. The number of ether oxygens (including phenoxy) is 1. The van der Waals surface area contributed by atoms with Gasteiger partial charge in [-0.1, -0.05) is 20.8 Å². The number of amides is 1. The predicted octanol–water partition coefficient (Wildman–Crippen LogP) is 4.27. The van der Waals surface area contributed by atoms with Gasteiger partial charge in [-0.15, -0.1) is 0 Å². The minimum Gasteiger partial charge on any atom is -0.476 e. The summed E-state index contributed by atoms with van der Waals surface area (Å²) >= 11 is 1.94. The first-order valence-corrected chi connectivity index (χ1v) is 13.1. The van der Waals surface area contributed by atoms with Crippen molar-refractivity contribution in [3.63, 3.8) is 0 Å². The van der Waals surface area contributed by atoms with E-state index in [1.807, 2.05) is 22.6 Å². The van der Waals surface area contributed by atoms with E-state index in [0.29, 0.717) is 3.57 Å². The monoisotopic (exact) mass is 525 g/mol. The molecule has 0 bridgehead atoms. The molecule has 0 fully saturated rings. The number of hydrogen-bond donors (Lipinski definition) is 2. The lowest BCUT2D eigenvalue weighted by atomic mass is 10.2. The van der Waals surface area contributed by atoms with Crippen molar-refractivity contribution in [2.45, 2.75) is 71.3 Å². The highest BCUT2D eigenvalue weighted by Gasteiger charge is 2.38. The molecular formula is C18H32IN3O5Si. The second-order valence-electron chi connectivity index (χ2n) is 9.20. The Bertz CT molecular complexity index is 707. The van der Waals surface area contributed by atoms with Crippen LogP contribution in [0.2, 0.25) is 18.1 Å². The quantitative estimate of drug-likeness (QED) is 0.407. The van der Waals surface area contributed by atoms with Gasteiger partial charge in [-0.3, -0.25) is 0 Å². The van der Waals surface area contributed by atoms with Crippen molar-refractivity contribution >= 4 is 43.0 Å². The van der Waals surface area contributed by atoms with Gasteiger partial charge in [0.1, 0.15) is 5.60 Å². The Hall–Kier alpha value is -1.14. The van der Waals surface area contributed by atoms with Gasteiger partial charge < -0.3 is 19.6 Å². The first-order chi connectivity index (χ1) is 12.5. The lowest BCUT2D eigenvalue weighted by Crippen LogP contribution is -2.44. The Morgan fingerprint density at radius 2 is 1.86 bits per heavy atom. The van der Waals surface area contributed by atoms with E-state index >= 15 is 0 Å². The van der Waals surface area contributed by atoms with E-state index in [4.69, 9.17) is 9.16 Å². The third kappa shape index (κ3) is 7.03. The summed E-state index contributed by atoms with van der Waals surface area (Å²) < 4.78 is 13.5. The number of nitrogens with zero attached hydrogens (tertiary/aromatic N) is 2. The summed E-state index contributed by atoms with van der Waals surface area (Å²) in [4.78, 5) is 23.8. The second-order valence-corrected chi connectivity index (χ2v) is 15.2. The summed E-state index contributed by atoms with van der Waals surface area (Å²) in [7, 11) is -2.07. The zero-order valence-corrected chi connectivity index (χ0v) is 21.1. The van der Waals surface area contributed by atoms with Gasteiger partial charge >= 0.3 is 12.1 Å². The van der Waals surface area contributed by atoms with Crippen LogP contribution in [-0.2, 0) is 9.16 Å². The molecule has 8 nitrogen and oxygen atoms in total. The zero-order chi connectivity index (χ0) is 21.9. The van der Waals surface area contributed by atoms with Crippen molar-refractivity contribution in [3.8, 4) is 0 Å². The number of hydrogen-bond acceptors (Lipinski definition) is 5. The largest absolute Gasteiger partial charge is 0.476 e. The Morgan fingerprint density at radius 1 is 1.29 bits per heavy atom. The minimum atomic E-state index is -2.07. The maximum atomic E-state index is 12.1. The van der Waals surface area contributed by atoms with E-state index < -0.39 is 32.0 Å². The van der Waals surface area contributed by atoms with Crippen molar-refractivity contribution in [2.75, 3.05) is 13.2 Å². The standard InChI is InChI=1S/C18H32IN3O5Si/c1-17(2,3)27-16(25)20-9-12(11-26-28(7,8)18(4,5)6)22-14(15(23)24)13(19)10-21-22/h10,12H,9,11H2,1-8H3,(H,20,25)(H,23,24). The number of nitrogens with one attached hydrogen (secondary N) is 1. The fraction of sp³-hybridized carbons (Fsp3) is 0.722. The van der Waals surface area contributed by atoms with E-state index in [0.717, 1.165) is 0 Å². The van der Waals surface area contributed by atoms with Crippen molar-refractivity contribution in [2.24, 2.45) is 0 Å². The fourth-order valence-corrected chi connectivity index (χ4v) is 3.72. The highest BCUT2D eigenvalue weighted by molar-refractivity contribution is 14.1. The Balaban J connectivity index is 3.05. The number of aromatic carboxylic acids is 1. The molecule has 1 atom stereocenters. The molecule has 1 unspecified atom stereocenters. The van der Waals surface area contributed by atoms with Gasteiger partial charge in [-0.2, -0.15) is 5.10 Å². The zero-order valence-electron chi connectivity index (χ0n) is 17.9. The summed E-state index contributed by atoms with van der Waals surface area (Å²) in [5.74, 6) is -1.07. The van der Waals surface area contributed by atoms with E-state index in [1.165, 1.54) is 10.9 Å². The maximum Gasteiger partial charge on any atom is 0.407 e. The van der Waals surface area contributed by atoms with Gasteiger partial charge in [0.2, 0.25) is 0 Å². The van der Waals surface area contributed by atoms with Crippen molar-refractivity contribution in [3.05, 3.63) is 15.5 Å². The SMILES string of the molecule is CC(C)(C)OC(=O)NCC(CO[Si](C)(C)C(C)(C)C)n1ncc(I)c1C(=O)O. The van der Waals surface area contributed by atoms with Crippen LogP contribution in [0.15, 0.2) is 6.20 Å². The van der Waals surface area contributed by atoms with Gasteiger partial charge in [0, 0.05) is 6.54 Å². The molecule has 10 heteroatoms. The first kappa shape index (κ1) is 24.9. The summed E-state index contributed by atoms with van der Waals surface area (Å²) in [6.45, 7) is 16.4. The van der Waals surface area contributed by atoms with Crippen LogP contribution in [0.5, 0.6) is 0 Å².